The highest BCUT2D eigenvalue weighted by Gasteiger charge is 2.07. The molecule has 0 spiro atoms. The first-order valence-electron chi connectivity index (χ1n) is 5.35. The molecule has 0 bridgehead atoms. The number of ether oxygens (including phenoxy) is 1. The molecule has 4 nitrogen and oxygen atoms in total. The maximum Gasteiger partial charge on any atom is 0.317 e. The Labute approximate surface area is 111 Å². The fourth-order valence-electron chi connectivity index (χ4n) is 1.29. The molecule has 1 aromatic rings. The molecular weight excluding hydrogens is 260 g/mol. The van der Waals surface area contributed by atoms with Gasteiger partial charge in [-0.15, -0.1) is 11.3 Å². The third-order valence-corrected chi connectivity index (χ3v) is 3.46. The lowest BCUT2D eigenvalue weighted by atomic mass is 10.4. The molecule has 0 atom stereocenters. The van der Waals surface area contributed by atoms with E-state index in [9.17, 15) is 4.79 Å². The third kappa shape index (κ3) is 5.39. The number of nitrogens with zero attached hydrogens (tertiary/aromatic N) is 1. The largest absolute Gasteiger partial charge is 0.385 e. The Morgan fingerprint density at radius 2 is 2.35 bits per heavy atom. The number of carbonyl (C=O) groups excluding carboxylic acids is 1. The van der Waals surface area contributed by atoms with Gasteiger partial charge in [-0.05, 0) is 18.6 Å². The molecule has 96 valence electrons. The normalized spacial score (nSPS) is 10.3. The van der Waals surface area contributed by atoms with Crippen molar-refractivity contribution in [2.24, 2.45) is 0 Å². The molecule has 0 radical (unpaired) electrons. The van der Waals surface area contributed by atoms with E-state index >= 15 is 0 Å². The molecule has 0 aromatic carbocycles. The molecule has 0 aliphatic heterocycles. The van der Waals surface area contributed by atoms with Crippen LogP contribution in [0.15, 0.2) is 12.1 Å². The molecule has 0 fully saturated rings. The average Bonchev–Trinajstić information content (AvgIpc) is 2.72. The predicted molar refractivity (Wildman–Crippen MR) is 70.7 cm³/mol. The van der Waals surface area contributed by atoms with E-state index in [0.29, 0.717) is 19.7 Å². The number of thiophene rings is 1. The van der Waals surface area contributed by atoms with Crippen LogP contribution in [-0.4, -0.2) is 38.2 Å². The van der Waals surface area contributed by atoms with Crippen LogP contribution in [0.25, 0.3) is 0 Å². The first kappa shape index (κ1) is 14.3. The highest BCUT2D eigenvalue weighted by Crippen LogP contribution is 2.20. The number of urea groups is 1. The van der Waals surface area contributed by atoms with E-state index in [-0.39, 0.29) is 6.03 Å². The second-order valence-corrected chi connectivity index (χ2v) is 5.43. The Balaban J connectivity index is 2.24. The summed E-state index contributed by atoms with van der Waals surface area (Å²) in [5.41, 5.74) is 0. The smallest absolute Gasteiger partial charge is 0.317 e. The van der Waals surface area contributed by atoms with Gasteiger partial charge in [-0.1, -0.05) is 11.6 Å². The van der Waals surface area contributed by atoms with Gasteiger partial charge in [-0.25, -0.2) is 4.79 Å². The Kier molecular flexibility index (Phi) is 6.32. The highest BCUT2D eigenvalue weighted by atomic mass is 35.5. The van der Waals surface area contributed by atoms with Gasteiger partial charge in [-0.3, -0.25) is 0 Å². The van der Waals surface area contributed by atoms with Crippen LogP contribution in [0.4, 0.5) is 4.79 Å². The van der Waals surface area contributed by atoms with Crippen molar-refractivity contribution >= 4 is 29.0 Å². The Hall–Kier alpha value is -0.780. The SMILES string of the molecule is COCCCN(C)C(=O)NCc1ccc(Cl)s1. The molecule has 1 N–H and O–H groups in total. The minimum Gasteiger partial charge on any atom is -0.385 e. The number of methoxy groups -OCH3 is 1. The van der Waals surface area contributed by atoms with Crippen LogP contribution < -0.4 is 5.32 Å². The minimum atomic E-state index is -0.0781. The maximum atomic E-state index is 11.7. The zero-order chi connectivity index (χ0) is 12.7. The summed E-state index contributed by atoms with van der Waals surface area (Å²) in [4.78, 5) is 14.4. The van der Waals surface area contributed by atoms with Gasteiger partial charge in [-0.2, -0.15) is 0 Å². The van der Waals surface area contributed by atoms with Crippen LogP contribution in [0.5, 0.6) is 0 Å². The molecule has 0 saturated carbocycles. The van der Waals surface area contributed by atoms with Gasteiger partial charge in [0, 0.05) is 32.2 Å². The molecular formula is C11H17ClN2O2S. The Bertz CT molecular complexity index is 357. The van der Waals surface area contributed by atoms with Crippen molar-refractivity contribution in [1.82, 2.24) is 10.2 Å². The monoisotopic (exact) mass is 276 g/mol. The molecule has 1 heterocycles. The van der Waals surface area contributed by atoms with Crippen LogP contribution in [0, 0.1) is 0 Å². The van der Waals surface area contributed by atoms with Gasteiger partial charge in [0.25, 0.3) is 0 Å². The van der Waals surface area contributed by atoms with Crippen LogP contribution in [0.3, 0.4) is 0 Å². The van der Waals surface area contributed by atoms with Gasteiger partial charge < -0.3 is 15.0 Å². The molecule has 1 aromatic heterocycles. The number of halogens is 1. The van der Waals surface area contributed by atoms with E-state index in [1.807, 2.05) is 12.1 Å². The quantitative estimate of drug-likeness (QED) is 0.812. The van der Waals surface area contributed by atoms with E-state index in [2.05, 4.69) is 5.32 Å². The van der Waals surface area contributed by atoms with Gasteiger partial charge in [0.1, 0.15) is 0 Å². The van der Waals surface area contributed by atoms with Gasteiger partial charge >= 0.3 is 6.03 Å². The first-order valence-corrected chi connectivity index (χ1v) is 6.55. The molecule has 0 saturated heterocycles. The van der Waals surface area contributed by atoms with Gasteiger partial charge in [0.05, 0.1) is 10.9 Å². The summed E-state index contributed by atoms with van der Waals surface area (Å²) < 4.78 is 5.67. The third-order valence-electron chi connectivity index (χ3n) is 2.23. The second kappa shape index (κ2) is 7.53. The lowest BCUT2D eigenvalue weighted by molar-refractivity contribution is 0.175. The van der Waals surface area contributed by atoms with Crippen molar-refractivity contribution in [1.29, 1.82) is 0 Å². The summed E-state index contributed by atoms with van der Waals surface area (Å²) in [5.74, 6) is 0. The molecule has 6 heteroatoms. The Morgan fingerprint density at radius 3 is 2.94 bits per heavy atom. The maximum absolute atomic E-state index is 11.7. The lowest BCUT2D eigenvalue weighted by Gasteiger charge is -2.17. The van der Waals surface area contributed by atoms with Crippen molar-refractivity contribution in [2.45, 2.75) is 13.0 Å². The molecule has 1 rings (SSSR count). The highest BCUT2D eigenvalue weighted by molar-refractivity contribution is 7.16. The van der Waals surface area contributed by atoms with Crippen LogP contribution in [-0.2, 0) is 11.3 Å². The number of nitrogens with one attached hydrogen (secondary N) is 1. The summed E-state index contributed by atoms with van der Waals surface area (Å²) in [6, 6.07) is 3.67. The van der Waals surface area contributed by atoms with E-state index in [0.717, 1.165) is 15.6 Å². The van der Waals surface area contributed by atoms with Crippen LogP contribution >= 0.6 is 22.9 Å². The van der Waals surface area contributed by atoms with Crippen LogP contribution in [0.2, 0.25) is 4.34 Å². The fraction of sp³-hybridized carbons (Fsp3) is 0.545. The first-order chi connectivity index (χ1) is 8.13. The lowest BCUT2D eigenvalue weighted by Crippen LogP contribution is -2.37. The van der Waals surface area contributed by atoms with E-state index in [1.54, 1.807) is 19.1 Å². The predicted octanol–water partition coefficient (Wildman–Crippen LogP) is 2.58. The molecule has 2 amide bonds. The van der Waals surface area contributed by atoms with Crippen molar-refractivity contribution < 1.29 is 9.53 Å². The number of hydrogen-bond acceptors (Lipinski definition) is 3. The van der Waals surface area contributed by atoms with Crippen molar-refractivity contribution in [3.05, 3.63) is 21.3 Å². The number of amides is 2. The average molecular weight is 277 g/mol. The molecule has 0 aliphatic rings. The summed E-state index contributed by atoms with van der Waals surface area (Å²) in [5, 5.41) is 2.84. The van der Waals surface area contributed by atoms with Crippen molar-refractivity contribution in [2.75, 3.05) is 27.3 Å². The van der Waals surface area contributed by atoms with E-state index in [1.165, 1.54) is 11.3 Å². The second-order valence-electron chi connectivity index (χ2n) is 3.63. The minimum absolute atomic E-state index is 0.0781. The summed E-state index contributed by atoms with van der Waals surface area (Å²) in [6.07, 6.45) is 0.839. The molecule has 0 aliphatic carbocycles. The topological polar surface area (TPSA) is 41.6 Å². The summed E-state index contributed by atoms with van der Waals surface area (Å²) in [6.45, 7) is 1.87. The van der Waals surface area contributed by atoms with E-state index in [4.69, 9.17) is 16.3 Å². The number of rotatable bonds is 6. The standard InChI is InChI=1S/C11H17ClN2O2S/c1-14(6-3-7-16-2)11(15)13-8-9-4-5-10(12)17-9/h4-5H,3,6-8H2,1-2H3,(H,13,15). The van der Waals surface area contributed by atoms with Crippen molar-refractivity contribution in [3.63, 3.8) is 0 Å². The van der Waals surface area contributed by atoms with Crippen LogP contribution in [0.1, 0.15) is 11.3 Å². The zero-order valence-electron chi connectivity index (χ0n) is 10.0. The molecule has 17 heavy (non-hydrogen) atoms. The van der Waals surface area contributed by atoms with Crippen molar-refractivity contribution in [3.8, 4) is 0 Å². The Morgan fingerprint density at radius 1 is 1.59 bits per heavy atom. The molecule has 0 unspecified atom stereocenters. The number of carbonyl (C=O) groups is 1. The van der Waals surface area contributed by atoms with E-state index < -0.39 is 0 Å². The van der Waals surface area contributed by atoms with Gasteiger partial charge in [0.15, 0.2) is 0 Å². The van der Waals surface area contributed by atoms with Gasteiger partial charge in [0.2, 0.25) is 0 Å². The fourth-order valence-corrected chi connectivity index (χ4v) is 2.32. The zero-order valence-corrected chi connectivity index (χ0v) is 11.6. The summed E-state index contributed by atoms with van der Waals surface area (Å²) >= 11 is 7.28. The summed E-state index contributed by atoms with van der Waals surface area (Å²) in [7, 11) is 3.42. The number of hydrogen-bond donors (Lipinski definition) is 1.